The van der Waals surface area contributed by atoms with E-state index in [2.05, 4.69) is 6.07 Å². The van der Waals surface area contributed by atoms with Gasteiger partial charge in [-0.15, -0.1) is 0 Å². The fourth-order valence-electron chi connectivity index (χ4n) is 1.76. The molecule has 17 heavy (non-hydrogen) atoms. The van der Waals surface area contributed by atoms with Crippen LogP contribution in [0.25, 0.3) is 5.52 Å². The zero-order valence-corrected chi connectivity index (χ0v) is 10.3. The van der Waals surface area contributed by atoms with Gasteiger partial charge in [0.1, 0.15) is 6.07 Å². The van der Waals surface area contributed by atoms with Crippen molar-refractivity contribution in [2.45, 2.75) is 12.2 Å². The maximum absolute atomic E-state index is 9.20. The molecular weight excluding hydrogens is 232 g/mol. The first-order valence-corrected chi connectivity index (χ1v) is 6.69. The second kappa shape index (κ2) is 5.76. The Morgan fingerprint density at radius 2 is 2.29 bits per heavy atom. The quantitative estimate of drug-likeness (QED) is 0.824. The van der Waals surface area contributed by atoms with Gasteiger partial charge in [0.2, 0.25) is 0 Å². The standard InChI is InChI=1S/C13H14N2OS/c14-8-12-11(10-17-7-3-6-16)9-15-5-2-1-4-13(12)15/h1-2,4-5,9,16H,3,6-7,10H2. The second-order valence-electron chi connectivity index (χ2n) is 3.76. The lowest BCUT2D eigenvalue weighted by Crippen LogP contribution is -1.87. The van der Waals surface area contributed by atoms with Gasteiger partial charge in [-0.2, -0.15) is 17.0 Å². The summed E-state index contributed by atoms with van der Waals surface area (Å²) in [5.41, 5.74) is 2.80. The molecule has 0 amide bonds. The molecule has 0 saturated heterocycles. The number of aliphatic hydroxyl groups is 1. The molecule has 0 atom stereocenters. The molecule has 0 spiro atoms. The molecule has 2 heterocycles. The third-order valence-corrected chi connectivity index (χ3v) is 3.67. The summed E-state index contributed by atoms with van der Waals surface area (Å²) < 4.78 is 1.99. The van der Waals surface area contributed by atoms with Crippen LogP contribution in [0.5, 0.6) is 0 Å². The van der Waals surface area contributed by atoms with Crippen molar-refractivity contribution < 1.29 is 5.11 Å². The maximum atomic E-state index is 9.20. The molecule has 0 radical (unpaired) electrons. The fraction of sp³-hybridized carbons (Fsp3) is 0.308. The molecule has 0 aliphatic rings. The minimum Gasteiger partial charge on any atom is -0.396 e. The topological polar surface area (TPSA) is 48.4 Å². The van der Waals surface area contributed by atoms with Crippen LogP contribution in [0.4, 0.5) is 0 Å². The van der Waals surface area contributed by atoms with Gasteiger partial charge in [0.25, 0.3) is 0 Å². The predicted molar refractivity (Wildman–Crippen MR) is 70.0 cm³/mol. The molecule has 3 nitrogen and oxygen atoms in total. The Kier molecular flexibility index (Phi) is 4.08. The molecule has 88 valence electrons. The summed E-state index contributed by atoms with van der Waals surface area (Å²) in [5.74, 6) is 1.75. The molecule has 2 aromatic heterocycles. The predicted octanol–water partition coefficient (Wildman–Crippen LogP) is 2.43. The average molecular weight is 246 g/mol. The number of aromatic nitrogens is 1. The number of nitrogens with zero attached hydrogens (tertiary/aromatic N) is 2. The number of aliphatic hydroxyl groups excluding tert-OH is 1. The van der Waals surface area contributed by atoms with Crippen LogP contribution in [0.2, 0.25) is 0 Å². The smallest absolute Gasteiger partial charge is 0.102 e. The first-order chi connectivity index (χ1) is 8.36. The highest BCUT2D eigenvalue weighted by atomic mass is 32.2. The Labute approximate surface area is 105 Å². The van der Waals surface area contributed by atoms with E-state index >= 15 is 0 Å². The summed E-state index contributed by atoms with van der Waals surface area (Å²) in [6.07, 6.45) is 4.78. The third kappa shape index (κ3) is 2.63. The average Bonchev–Trinajstić information content (AvgIpc) is 2.72. The Bertz CT molecular complexity index is 542. The van der Waals surface area contributed by atoms with Crippen LogP contribution in [0, 0.1) is 11.3 Å². The van der Waals surface area contributed by atoms with Crippen LogP contribution in [-0.4, -0.2) is 21.9 Å². The van der Waals surface area contributed by atoms with E-state index in [0.717, 1.165) is 34.6 Å². The van der Waals surface area contributed by atoms with Crippen molar-refractivity contribution in [2.24, 2.45) is 0 Å². The zero-order valence-electron chi connectivity index (χ0n) is 9.47. The lowest BCUT2D eigenvalue weighted by Gasteiger charge is -1.98. The highest BCUT2D eigenvalue weighted by Gasteiger charge is 2.09. The number of fused-ring (bicyclic) bond motifs is 1. The van der Waals surface area contributed by atoms with E-state index < -0.39 is 0 Å². The second-order valence-corrected chi connectivity index (χ2v) is 4.87. The maximum Gasteiger partial charge on any atom is 0.102 e. The van der Waals surface area contributed by atoms with Crippen molar-refractivity contribution in [1.29, 1.82) is 5.26 Å². The van der Waals surface area contributed by atoms with E-state index in [1.807, 2.05) is 35.0 Å². The summed E-state index contributed by atoms with van der Waals surface area (Å²) in [4.78, 5) is 0. The molecule has 1 N–H and O–H groups in total. The van der Waals surface area contributed by atoms with Crippen molar-refractivity contribution >= 4 is 17.3 Å². The molecular formula is C13H14N2OS. The van der Waals surface area contributed by atoms with Crippen LogP contribution in [0.1, 0.15) is 17.5 Å². The van der Waals surface area contributed by atoms with Gasteiger partial charge < -0.3 is 9.51 Å². The molecule has 0 aliphatic heterocycles. The molecule has 0 aliphatic carbocycles. The van der Waals surface area contributed by atoms with Crippen LogP contribution >= 0.6 is 11.8 Å². The van der Waals surface area contributed by atoms with E-state index in [1.165, 1.54) is 0 Å². The molecule has 0 unspecified atom stereocenters. The molecule has 0 aromatic carbocycles. The van der Waals surface area contributed by atoms with Crippen LogP contribution in [0.3, 0.4) is 0 Å². The molecule has 0 fully saturated rings. The van der Waals surface area contributed by atoms with E-state index in [9.17, 15) is 5.26 Å². The van der Waals surface area contributed by atoms with Gasteiger partial charge in [-0.1, -0.05) is 6.07 Å². The lowest BCUT2D eigenvalue weighted by atomic mass is 10.2. The first-order valence-electron chi connectivity index (χ1n) is 5.54. The SMILES string of the molecule is N#Cc1c(CSCCCO)cn2ccccc12. The summed E-state index contributed by atoms with van der Waals surface area (Å²) in [5, 5.41) is 17.9. The van der Waals surface area contributed by atoms with Gasteiger partial charge in [0.15, 0.2) is 0 Å². The Balaban J connectivity index is 2.19. The zero-order chi connectivity index (χ0) is 12.1. The number of hydrogen-bond acceptors (Lipinski definition) is 3. The fourth-order valence-corrected chi connectivity index (χ4v) is 2.68. The van der Waals surface area contributed by atoms with Crippen molar-refractivity contribution in [3.8, 4) is 6.07 Å². The summed E-state index contributed by atoms with van der Waals surface area (Å²) in [6.45, 7) is 0.232. The minimum absolute atomic E-state index is 0.232. The molecule has 2 aromatic rings. The van der Waals surface area contributed by atoms with Crippen molar-refractivity contribution in [3.05, 3.63) is 41.7 Å². The van der Waals surface area contributed by atoms with E-state index in [-0.39, 0.29) is 6.61 Å². The van der Waals surface area contributed by atoms with Gasteiger partial charge in [0, 0.05) is 24.8 Å². The summed E-state index contributed by atoms with van der Waals surface area (Å²) in [7, 11) is 0. The molecule has 2 rings (SSSR count). The molecule has 4 heteroatoms. The first kappa shape index (κ1) is 12.0. The molecule has 0 bridgehead atoms. The lowest BCUT2D eigenvalue weighted by molar-refractivity contribution is 0.296. The van der Waals surface area contributed by atoms with Gasteiger partial charge >= 0.3 is 0 Å². The molecule has 0 saturated carbocycles. The van der Waals surface area contributed by atoms with E-state index in [0.29, 0.717) is 0 Å². The summed E-state index contributed by atoms with van der Waals surface area (Å²) in [6, 6.07) is 8.13. The monoisotopic (exact) mass is 246 g/mol. The van der Waals surface area contributed by atoms with Crippen molar-refractivity contribution in [2.75, 3.05) is 12.4 Å². The van der Waals surface area contributed by atoms with Gasteiger partial charge in [0.05, 0.1) is 11.1 Å². The van der Waals surface area contributed by atoms with Crippen LogP contribution in [-0.2, 0) is 5.75 Å². The number of rotatable bonds is 5. The van der Waals surface area contributed by atoms with Gasteiger partial charge in [-0.05, 0) is 29.9 Å². The Morgan fingerprint density at radius 3 is 3.06 bits per heavy atom. The highest BCUT2D eigenvalue weighted by molar-refractivity contribution is 7.98. The highest BCUT2D eigenvalue weighted by Crippen LogP contribution is 2.22. The number of thioether (sulfide) groups is 1. The summed E-state index contributed by atoms with van der Waals surface area (Å²) >= 11 is 1.75. The third-order valence-electron chi connectivity index (χ3n) is 2.58. The minimum atomic E-state index is 0.232. The number of nitriles is 1. The van der Waals surface area contributed by atoms with Crippen LogP contribution < -0.4 is 0 Å². The van der Waals surface area contributed by atoms with Gasteiger partial charge in [-0.3, -0.25) is 0 Å². The number of hydrogen-bond donors (Lipinski definition) is 1. The largest absolute Gasteiger partial charge is 0.396 e. The number of pyridine rings is 1. The Morgan fingerprint density at radius 1 is 1.41 bits per heavy atom. The van der Waals surface area contributed by atoms with Crippen molar-refractivity contribution in [3.63, 3.8) is 0 Å². The Hall–Kier alpha value is -1.44. The van der Waals surface area contributed by atoms with Crippen molar-refractivity contribution in [1.82, 2.24) is 4.40 Å². The van der Waals surface area contributed by atoms with E-state index in [1.54, 1.807) is 11.8 Å². The normalized spacial score (nSPS) is 10.6. The van der Waals surface area contributed by atoms with Gasteiger partial charge in [-0.25, -0.2) is 0 Å². The van der Waals surface area contributed by atoms with E-state index in [4.69, 9.17) is 5.11 Å². The van der Waals surface area contributed by atoms with Crippen LogP contribution in [0.15, 0.2) is 30.6 Å².